The highest BCUT2D eigenvalue weighted by atomic mass is 16.3. The molecule has 4 rings (SSSR count). The molecule has 0 bridgehead atoms. The number of rotatable bonds is 3. The molecule has 0 aliphatic carbocycles. The first-order valence-corrected chi connectivity index (χ1v) is 9.33. The van der Waals surface area contributed by atoms with Crippen LogP contribution in [0.25, 0.3) is 10.8 Å². The standard InChI is InChI=1S/C24H20N2O3/c1-25(2)11-12-26-23(28)20-8-4-6-18-13-17(15-21(22(18)20)24(26)29)10-9-16-5-3-7-19(27)14-16/h3-8,13-15,27H,11-12H2,1-2H3. The van der Waals surface area contributed by atoms with Crippen molar-refractivity contribution in [2.24, 2.45) is 0 Å². The van der Waals surface area contributed by atoms with E-state index in [4.69, 9.17) is 0 Å². The lowest BCUT2D eigenvalue weighted by molar-refractivity contribution is 0.0601. The van der Waals surface area contributed by atoms with Gasteiger partial charge in [-0.1, -0.05) is 30.0 Å². The summed E-state index contributed by atoms with van der Waals surface area (Å²) >= 11 is 0. The summed E-state index contributed by atoms with van der Waals surface area (Å²) in [7, 11) is 3.81. The van der Waals surface area contributed by atoms with Crippen molar-refractivity contribution >= 4 is 22.6 Å². The lowest BCUT2D eigenvalue weighted by Crippen LogP contribution is -2.43. The first-order chi connectivity index (χ1) is 13.9. The van der Waals surface area contributed by atoms with Gasteiger partial charge in [0.1, 0.15) is 5.75 Å². The van der Waals surface area contributed by atoms with Gasteiger partial charge in [0.05, 0.1) is 0 Å². The molecule has 3 aromatic rings. The first kappa shape index (κ1) is 18.7. The molecule has 144 valence electrons. The van der Waals surface area contributed by atoms with Crippen molar-refractivity contribution in [3.63, 3.8) is 0 Å². The Balaban J connectivity index is 1.80. The number of likely N-dealkylation sites (N-methyl/N-ethyl adjacent to an activating group) is 1. The summed E-state index contributed by atoms with van der Waals surface area (Å²) in [5.74, 6) is 5.69. The largest absolute Gasteiger partial charge is 0.508 e. The number of carbonyl (C=O) groups is 2. The number of hydrogen-bond donors (Lipinski definition) is 1. The number of benzene rings is 3. The molecule has 0 saturated carbocycles. The summed E-state index contributed by atoms with van der Waals surface area (Å²) in [6.45, 7) is 0.930. The van der Waals surface area contributed by atoms with E-state index in [0.29, 0.717) is 40.7 Å². The smallest absolute Gasteiger partial charge is 0.261 e. The second-order valence-electron chi connectivity index (χ2n) is 7.29. The van der Waals surface area contributed by atoms with Crippen molar-refractivity contribution in [2.45, 2.75) is 0 Å². The molecule has 0 fully saturated rings. The van der Waals surface area contributed by atoms with Gasteiger partial charge in [-0.15, -0.1) is 0 Å². The molecule has 1 N–H and O–H groups in total. The first-order valence-electron chi connectivity index (χ1n) is 9.33. The van der Waals surface area contributed by atoms with Crippen molar-refractivity contribution in [3.05, 3.63) is 76.9 Å². The fourth-order valence-corrected chi connectivity index (χ4v) is 3.46. The molecule has 1 heterocycles. The maximum absolute atomic E-state index is 13.1. The number of phenols is 1. The number of carbonyl (C=O) groups excluding carboxylic acids is 2. The fraction of sp³-hybridized carbons (Fsp3) is 0.167. The van der Waals surface area contributed by atoms with Crippen LogP contribution in [0.3, 0.4) is 0 Å². The van der Waals surface area contributed by atoms with Gasteiger partial charge in [0.25, 0.3) is 11.8 Å². The molecular formula is C24H20N2O3. The molecule has 0 aromatic heterocycles. The minimum absolute atomic E-state index is 0.153. The van der Waals surface area contributed by atoms with Crippen molar-refractivity contribution in [2.75, 3.05) is 27.2 Å². The van der Waals surface area contributed by atoms with Gasteiger partial charge >= 0.3 is 0 Å². The van der Waals surface area contributed by atoms with E-state index in [1.807, 2.05) is 43.3 Å². The van der Waals surface area contributed by atoms with Crippen molar-refractivity contribution in [3.8, 4) is 17.6 Å². The third-order valence-electron chi connectivity index (χ3n) is 4.90. The van der Waals surface area contributed by atoms with Crippen LogP contribution in [0.1, 0.15) is 31.8 Å². The van der Waals surface area contributed by atoms with Gasteiger partial charge in [0.2, 0.25) is 0 Å². The Labute approximate surface area is 169 Å². The fourth-order valence-electron chi connectivity index (χ4n) is 3.46. The van der Waals surface area contributed by atoms with E-state index in [1.54, 1.807) is 30.3 Å². The molecule has 0 unspecified atom stereocenters. The van der Waals surface area contributed by atoms with Gasteiger partial charge in [0, 0.05) is 40.7 Å². The molecule has 5 heteroatoms. The summed E-state index contributed by atoms with van der Waals surface area (Å²) in [4.78, 5) is 29.2. The Kier molecular flexibility index (Phi) is 4.79. The SMILES string of the molecule is CN(C)CCN1C(=O)c2cccc3cc(C#Cc4cccc(O)c4)cc(c23)C1=O. The van der Waals surface area contributed by atoms with Gasteiger partial charge in [-0.25, -0.2) is 0 Å². The lowest BCUT2D eigenvalue weighted by Gasteiger charge is -2.28. The summed E-state index contributed by atoms with van der Waals surface area (Å²) in [6, 6.07) is 15.8. The minimum atomic E-state index is -0.290. The van der Waals surface area contributed by atoms with Gasteiger partial charge in [-0.05, 0) is 55.9 Å². The van der Waals surface area contributed by atoms with Crippen molar-refractivity contribution in [1.82, 2.24) is 9.80 Å². The summed E-state index contributed by atoms with van der Waals surface area (Å²) in [5, 5.41) is 11.1. The molecule has 0 atom stereocenters. The van der Waals surface area contributed by atoms with Gasteiger partial charge in [0.15, 0.2) is 0 Å². The quantitative estimate of drug-likeness (QED) is 0.557. The van der Waals surface area contributed by atoms with Crippen LogP contribution in [0, 0.1) is 11.8 Å². The van der Waals surface area contributed by atoms with E-state index in [0.717, 1.165) is 5.39 Å². The second kappa shape index (κ2) is 7.42. The van der Waals surface area contributed by atoms with Crippen LogP contribution in [0.2, 0.25) is 0 Å². The topological polar surface area (TPSA) is 60.9 Å². The van der Waals surface area contributed by atoms with Crippen LogP contribution in [-0.2, 0) is 0 Å². The van der Waals surface area contributed by atoms with E-state index >= 15 is 0 Å². The van der Waals surface area contributed by atoms with Crippen LogP contribution < -0.4 is 0 Å². The second-order valence-corrected chi connectivity index (χ2v) is 7.29. The zero-order valence-corrected chi connectivity index (χ0v) is 16.3. The Bertz CT molecular complexity index is 1200. The zero-order valence-electron chi connectivity index (χ0n) is 16.3. The highest BCUT2D eigenvalue weighted by molar-refractivity contribution is 6.25. The molecule has 0 radical (unpaired) electrons. The average Bonchev–Trinajstić information content (AvgIpc) is 2.70. The van der Waals surface area contributed by atoms with Crippen LogP contribution in [-0.4, -0.2) is 53.9 Å². The Morgan fingerprint density at radius 1 is 0.897 bits per heavy atom. The number of hydrogen-bond acceptors (Lipinski definition) is 4. The third-order valence-corrected chi connectivity index (χ3v) is 4.90. The maximum atomic E-state index is 13.1. The van der Waals surface area contributed by atoms with E-state index in [2.05, 4.69) is 11.8 Å². The monoisotopic (exact) mass is 384 g/mol. The van der Waals surface area contributed by atoms with Gasteiger partial charge in [-0.2, -0.15) is 0 Å². The number of phenolic OH excluding ortho intramolecular Hbond substituents is 1. The van der Waals surface area contributed by atoms with Gasteiger partial charge < -0.3 is 10.0 Å². The highest BCUT2D eigenvalue weighted by Gasteiger charge is 2.32. The molecule has 0 saturated heterocycles. The Morgan fingerprint density at radius 2 is 1.62 bits per heavy atom. The zero-order chi connectivity index (χ0) is 20.5. The van der Waals surface area contributed by atoms with E-state index < -0.39 is 0 Å². The van der Waals surface area contributed by atoms with Crippen LogP contribution in [0.5, 0.6) is 5.75 Å². The highest BCUT2D eigenvalue weighted by Crippen LogP contribution is 2.31. The van der Waals surface area contributed by atoms with Crippen LogP contribution >= 0.6 is 0 Å². The van der Waals surface area contributed by atoms with E-state index in [1.165, 1.54) is 4.90 Å². The number of amides is 2. The maximum Gasteiger partial charge on any atom is 0.261 e. The summed E-state index contributed by atoms with van der Waals surface area (Å²) in [5.41, 5.74) is 2.41. The Hall–Kier alpha value is -3.62. The number of imide groups is 1. The molecule has 3 aromatic carbocycles. The molecule has 29 heavy (non-hydrogen) atoms. The number of aromatic hydroxyl groups is 1. The van der Waals surface area contributed by atoms with E-state index in [9.17, 15) is 14.7 Å². The molecule has 1 aliphatic rings. The van der Waals surface area contributed by atoms with Crippen LogP contribution in [0.15, 0.2) is 54.6 Å². The molecule has 0 spiro atoms. The summed E-state index contributed by atoms with van der Waals surface area (Å²) in [6.07, 6.45) is 0. The molecular weight excluding hydrogens is 364 g/mol. The Morgan fingerprint density at radius 3 is 2.38 bits per heavy atom. The van der Waals surface area contributed by atoms with Crippen molar-refractivity contribution < 1.29 is 14.7 Å². The predicted octanol–water partition coefficient (Wildman–Crippen LogP) is 3.10. The van der Waals surface area contributed by atoms with Gasteiger partial charge in [-0.3, -0.25) is 14.5 Å². The summed E-state index contributed by atoms with van der Waals surface area (Å²) < 4.78 is 0. The molecule has 5 nitrogen and oxygen atoms in total. The third kappa shape index (κ3) is 3.58. The lowest BCUT2D eigenvalue weighted by atomic mass is 9.92. The van der Waals surface area contributed by atoms with Crippen molar-refractivity contribution in [1.29, 1.82) is 0 Å². The van der Waals surface area contributed by atoms with E-state index in [-0.39, 0.29) is 17.6 Å². The minimum Gasteiger partial charge on any atom is -0.508 e. The normalized spacial score (nSPS) is 13.0. The predicted molar refractivity (Wildman–Crippen MR) is 112 cm³/mol. The molecule has 1 aliphatic heterocycles. The van der Waals surface area contributed by atoms with Crippen LogP contribution in [0.4, 0.5) is 0 Å². The molecule has 2 amide bonds. The average molecular weight is 384 g/mol. The number of nitrogens with zero attached hydrogens (tertiary/aromatic N) is 2.